The molecule has 0 bridgehead atoms. The van der Waals surface area contributed by atoms with Gasteiger partial charge >= 0.3 is 12.8 Å². The minimum Gasteiger partial charge on any atom is -0.440 e. The lowest BCUT2D eigenvalue weighted by Gasteiger charge is -2.14. The second-order valence-electron chi connectivity index (χ2n) is 9.37. The summed E-state index contributed by atoms with van der Waals surface area (Å²) in [5, 5.41) is 2.55. The maximum atomic E-state index is 14.7. The number of rotatable bonds is 7. The molecule has 0 saturated heterocycles. The first-order valence-electron chi connectivity index (χ1n) is 12.7. The number of ether oxygens (including phenoxy) is 1. The molecule has 5 rings (SSSR count). The minimum atomic E-state index is -4.70. The van der Waals surface area contributed by atoms with Crippen LogP contribution in [0.15, 0.2) is 71.3 Å². The summed E-state index contributed by atoms with van der Waals surface area (Å²) >= 11 is 0. The summed E-state index contributed by atoms with van der Waals surface area (Å²) in [6.45, 7) is -0.306. The van der Waals surface area contributed by atoms with E-state index < -0.39 is 30.0 Å². The van der Waals surface area contributed by atoms with Gasteiger partial charge in [-0.2, -0.15) is 22.0 Å². The molecule has 2 heterocycles. The number of oxazole rings is 1. The number of halogens is 6. The van der Waals surface area contributed by atoms with Crippen LogP contribution in [-0.4, -0.2) is 34.1 Å². The van der Waals surface area contributed by atoms with E-state index in [0.29, 0.717) is 16.7 Å². The van der Waals surface area contributed by atoms with Gasteiger partial charge in [-0.05, 0) is 60.5 Å². The van der Waals surface area contributed by atoms with Crippen LogP contribution in [0.1, 0.15) is 27.8 Å². The van der Waals surface area contributed by atoms with Crippen LogP contribution in [0.2, 0.25) is 0 Å². The number of nitrogens with one attached hydrogen (secondary N) is 1. The first-order chi connectivity index (χ1) is 20.3. The van der Waals surface area contributed by atoms with Crippen molar-refractivity contribution < 1.29 is 40.3 Å². The highest BCUT2D eigenvalue weighted by atomic mass is 19.4. The summed E-state index contributed by atoms with van der Waals surface area (Å²) < 4.78 is 91.9. The van der Waals surface area contributed by atoms with Gasteiger partial charge < -0.3 is 19.0 Å². The fourth-order valence-electron chi connectivity index (χ4n) is 4.59. The van der Waals surface area contributed by atoms with E-state index >= 15 is 0 Å². The Balaban J connectivity index is 1.73. The largest absolute Gasteiger partial charge is 0.440 e. The number of aromatic nitrogens is 3. The maximum absolute atomic E-state index is 14.7. The summed E-state index contributed by atoms with van der Waals surface area (Å²) in [6, 6.07) is 14.8. The monoisotopic (exact) mass is 600 g/mol. The van der Waals surface area contributed by atoms with Crippen molar-refractivity contribution in [3.63, 3.8) is 0 Å². The van der Waals surface area contributed by atoms with E-state index in [2.05, 4.69) is 20.0 Å². The predicted octanol–water partition coefficient (Wildman–Crippen LogP) is 7.60. The number of benzene rings is 3. The van der Waals surface area contributed by atoms with Gasteiger partial charge in [0.1, 0.15) is 11.5 Å². The van der Waals surface area contributed by atoms with Crippen LogP contribution in [-0.2, 0) is 6.18 Å². The van der Waals surface area contributed by atoms with E-state index in [1.807, 2.05) is 0 Å². The van der Waals surface area contributed by atoms with Crippen molar-refractivity contribution in [2.45, 2.75) is 26.6 Å². The lowest BCUT2D eigenvalue weighted by atomic mass is 9.97. The highest BCUT2D eigenvalue weighted by Crippen LogP contribution is 2.40. The number of carbonyl (C=O) groups is 1. The third-order valence-corrected chi connectivity index (χ3v) is 6.51. The third kappa shape index (κ3) is 5.96. The van der Waals surface area contributed by atoms with Gasteiger partial charge in [0, 0.05) is 36.9 Å². The molecule has 2 aromatic heterocycles. The zero-order valence-corrected chi connectivity index (χ0v) is 22.8. The molecule has 1 N–H and O–H groups in total. The average molecular weight is 601 g/mol. The van der Waals surface area contributed by atoms with Crippen molar-refractivity contribution in [2.24, 2.45) is 0 Å². The smallest absolute Gasteiger partial charge is 0.434 e. The van der Waals surface area contributed by atoms with Crippen molar-refractivity contribution in [3.05, 3.63) is 95.7 Å². The molecule has 3 aromatic carbocycles. The number of imidazole rings is 1. The number of hydrogen-bond acceptors (Lipinski definition) is 5. The van der Waals surface area contributed by atoms with E-state index in [0.717, 1.165) is 18.3 Å². The average Bonchev–Trinajstić information content (AvgIpc) is 3.55. The van der Waals surface area contributed by atoms with Crippen LogP contribution in [0.5, 0.6) is 5.75 Å². The highest BCUT2D eigenvalue weighted by molar-refractivity contribution is 5.95. The Morgan fingerprint density at radius 1 is 0.977 bits per heavy atom. The number of aryl methyl sites for hydroxylation is 2. The molecule has 43 heavy (non-hydrogen) atoms. The first-order valence-corrected chi connectivity index (χ1v) is 12.7. The number of hydrogen-bond donors (Lipinski definition) is 1. The molecule has 0 radical (unpaired) electrons. The molecule has 222 valence electrons. The summed E-state index contributed by atoms with van der Waals surface area (Å²) in [5.74, 6) is -1.87. The Morgan fingerprint density at radius 2 is 1.70 bits per heavy atom. The zero-order chi connectivity index (χ0) is 31.1. The van der Waals surface area contributed by atoms with Crippen molar-refractivity contribution >= 4 is 5.91 Å². The molecule has 0 aliphatic heterocycles. The lowest BCUT2D eigenvalue weighted by Crippen LogP contribution is -2.17. The molecule has 0 saturated carbocycles. The van der Waals surface area contributed by atoms with Gasteiger partial charge in [0.2, 0.25) is 0 Å². The topological polar surface area (TPSA) is 82.2 Å². The van der Waals surface area contributed by atoms with E-state index in [1.54, 1.807) is 42.5 Å². The summed E-state index contributed by atoms with van der Waals surface area (Å²) in [6.07, 6.45) is -3.85. The van der Waals surface area contributed by atoms with Crippen LogP contribution < -0.4 is 10.1 Å². The SMILES string of the molecule is CNC(=O)c1cccc(-c2ccc(-n3cc(C(F)(F)F)nc3C)c(-c3nc(C)oc3-c3ccc(OC(F)F)c(F)c3)c2)c1. The predicted molar refractivity (Wildman–Crippen MR) is 144 cm³/mol. The Bertz CT molecular complexity index is 1830. The van der Waals surface area contributed by atoms with Crippen LogP contribution in [0.3, 0.4) is 0 Å². The second-order valence-corrected chi connectivity index (χ2v) is 9.37. The van der Waals surface area contributed by atoms with E-state index in [9.17, 15) is 31.1 Å². The van der Waals surface area contributed by atoms with Crippen molar-refractivity contribution in [1.29, 1.82) is 0 Å². The van der Waals surface area contributed by atoms with Gasteiger partial charge in [0.05, 0.1) is 5.69 Å². The molecular formula is C30H22F6N4O3. The van der Waals surface area contributed by atoms with Gasteiger partial charge in [-0.25, -0.2) is 14.4 Å². The fraction of sp³-hybridized carbons (Fsp3) is 0.167. The fourth-order valence-corrected chi connectivity index (χ4v) is 4.59. The number of alkyl halides is 5. The molecule has 1 amide bonds. The molecule has 0 spiro atoms. The number of nitrogens with zero attached hydrogens (tertiary/aromatic N) is 3. The first kappa shape index (κ1) is 29.4. The quantitative estimate of drug-likeness (QED) is 0.195. The Morgan fingerprint density at radius 3 is 2.35 bits per heavy atom. The van der Waals surface area contributed by atoms with E-state index in [1.165, 1.54) is 31.5 Å². The molecule has 0 atom stereocenters. The Kier molecular flexibility index (Phi) is 7.74. The molecule has 0 unspecified atom stereocenters. The van der Waals surface area contributed by atoms with Crippen molar-refractivity contribution in [3.8, 4) is 45.1 Å². The summed E-state index contributed by atoms with van der Waals surface area (Å²) in [5.41, 5.74) is 1.27. The molecule has 7 nitrogen and oxygen atoms in total. The third-order valence-electron chi connectivity index (χ3n) is 6.51. The van der Waals surface area contributed by atoms with Crippen LogP contribution in [0.25, 0.3) is 39.4 Å². The molecule has 0 fully saturated rings. The van der Waals surface area contributed by atoms with Crippen LogP contribution in [0.4, 0.5) is 26.3 Å². The Labute approximate surface area is 240 Å². The van der Waals surface area contributed by atoms with Gasteiger partial charge in [-0.3, -0.25) is 4.79 Å². The van der Waals surface area contributed by atoms with Gasteiger partial charge in [0.25, 0.3) is 5.91 Å². The molecule has 5 aromatic rings. The van der Waals surface area contributed by atoms with Crippen LogP contribution in [0, 0.1) is 19.7 Å². The zero-order valence-electron chi connectivity index (χ0n) is 22.8. The van der Waals surface area contributed by atoms with Gasteiger partial charge in [0.15, 0.2) is 28.9 Å². The lowest BCUT2D eigenvalue weighted by molar-refractivity contribution is -0.141. The van der Waals surface area contributed by atoms with E-state index in [4.69, 9.17) is 4.42 Å². The maximum Gasteiger partial charge on any atom is 0.434 e. The number of carbonyl (C=O) groups excluding carboxylic acids is 1. The minimum absolute atomic E-state index is 0.0317. The molecule has 0 aliphatic rings. The van der Waals surface area contributed by atoms with Gasteiger partial charge in [-0.1, -0.05) is 18.2 Å². The molecule has 0 aliphatic carbocycles. The second kappa shape index (κ2) is 11.3. The Hall–Kier alpha value is -5.07. The highest BCUT2D eigenvalue weighted by Gasteiger charge is 2.35. The molecular weight excluding hydrogens is 578 g/mol. The van der Waals surface area contributed by atoms with Gasteiger partial charge in [-0.15, -0.1) is 0 Å². The van der Waals surface area contributed by atoms with E-state index in [-0.39, 0.29) is 45.9 Å². The number of amides is 1. The standard InChI is InChI=1S/C30H22F6N4O3/c1-15-38-25(30(34,35)36)14-40(15)23-9-7-18(17-5-4-6-20(11-17)28(41)37-3)12-21(23)26-27(42-16(2)39-26)19-8-10-24(22(31)13-19)43-29(32)33/h4-14,29H,1-3H3,(H,37,41). The molecule has 13 heteroatoms. The summed E-state index contributed by atoms with van der Waals surface area (Å²) in [7, 11) is 1.49. The summed E-state index contributed by atoms with van der Waals surface area (Å²) in [4.78, 5) is 20.4. The van der Waals surface area contributed by atoms with Crippen molar-refractivity contribution in [1.82, 2.24) is 19.9 Å². The normalized spacial score (nSPS) is 11.7. The van der Waals surface area contributed by atoms with Crippen LogP contribution >= 0.6 is 0 Å². The van der Waals surface area contributed by atoms with Crippen molar-refractivity contribution in [2.75, 3.05) is 7.05 Å².